The van der Waals surface area contributed by atoms with Gasteiger partial charge < -0.3 is 5.32 Å². The van der Waals surface area contributed by atoms with Gasteiger partial charge in [0.1, 0.15) is 4.90 Å². The number of hydrogen-bond acceptors (Lipinski definition) is 4. The number of rotatable bonds is 4. The van der Waals surface area contributed by atoms with Crippen molar-refractivity contribution in [2.24, 2.45) is 5.92 Å². The van der Waals surface area contributed by atoms with Gasteiger partial charge in [-0.15, -0.1) is 0 Å². The molecule has 1 aliphatic rings. The van der Waals surface area contributed by atoms with E-state index in [-0.39, 0.29) is 29.3 Å². The molecule has 1 aromatic heterocycles. The van der Waals surface area contributed by atoms with Crippen LogP contribution in [0.4, 0.5) is 0 Å². The lowest BCUT2D eigenvalue weighted by molar-refractivity contribution is -0.126. The summed E-state index contributed by atoms with van der Waals surface area (Å²) in [6, 6.07) is 0.0536. The van der Waals surface area contributed by atoms with E-state index in [0.717, 1.165) is 0 Å². The summed E-state index contributed by atoms with van der Waals surface area (Å²) in [7, 11) is -3.62. The largest absolute Gasteiger partial charge is 0.354 e. The van der Waals surface area contributed by atoms with Gasteiger partial charge in [-0.3, -0.25) is 9.89 Å². The molecule has 1 unspecified atom stereocenters. The van der Waals surface area contributed by atoms with E-state index in [2.05, 4.69) is 15.5 Å². The number of nitrogens with one attached hydrogen (secondary N) is 2. The lowest BCUT2D eigenvalue weighted by Crippen LogP contribution is -2.46. The average Bonchev–Trinajstić information content (AvgIpc) is 2.78. The molecule has 0 saturated carbocycles. The molecule has 2 N–H and O–H groups in total. The summed E-state index contributed by atoms with van der Waals surface area (Å²) < 4.78 is 27.0. The molecular weight excluding hydrogens is 304 g/mol. The molecule has 1 aromatic rings. The zero-order valence-electron chi connectivity index (χ0n) is 13.5. The van der Waals surface area contributed by atoms with E-state index in [0.29, 0.717) is 30.8 Å². The number of aromatic amines is 1. The Labute approximate surface area is 131 Å². The van der Waals surface area contributed by atoms with Crippen molar-refractivity contribution in [1.82, 2.24) is 19.8 Å². The zero-order valence-corrected chi connectivity index (χ0v) is 14.3. The SMILES string of the molecule is Cc1n[nH]c(C)c1S(=O)(=O)N1CCCC(C(=O)NC(C)C)C1. The van der Waals surface area contributed by atoms with Gasteiger partial charge in [-0.05, 0) is 40.5 Å². The summed E-state index contributed by atoms with van der Waals surface area (Å²) in [5.41, 5.74) is 0.998. The molecule has 0 spiro atoms. The van der Waals surface area contributed by atoms with Crippen LogP contribution in [0, 0.1) is 19.8 Å². The van der Waals surface area contributed by atoms with Gasteiger partial charge in [0, 0.05) is 19.1 Å². The summed E-state index contributed by atoms with van der Waals surface area (Å²) in [4.78, 5) is 12.4. The fourth-order valence-corrected chi connectivity index (χ4v) is 4.68. The number of H-pyrrole nitrogens is 1. The predicted octanol–water partition coefficient (Wildman–Crippen LogP) is 0.952. The second kappa shape index (κ2) is 6.37. The van der Waals surface area contributed by atoms with Gasteiger partial charge >= 0.3 is 0 Å². The number of hydrogen-bond donors (Lipinski definition) is 2. The van der Waals surface area contributed by atoms with Crippen LogP contribution in [0.15, 0.2) is 4.90 Å². The van der Waals surface area contributed by atoms with Gasteiger partial charge in [-0.1, -0.05) is 0 Å². The van der Waals surface area contributed by atoms with Crippen molar-refractivity contribution < 1.29 is 13.2 Å². The van der Waals surface area contributed by atoms with Gasteiger partial charge in [0.25, 0.3) is 0 Å². The molecule has 0 bridgehead atoms. The molecule has 22 heavy (non-hydrogen) atoms. The van der Waals surface area contributed by atoms with Crippen molar-refractivity contribution in [3.05, 3.63) is 11.4 Å². The number of amides is 1. The van der Waals surface area contributed by atoms with Crippen LogP contribution in [-0.4, -0.2) is 48.0 Å². The van der Waals surface area contributed by atoms with Crippen LogP contribution in [0.1, 0.15) is 38.1 Å². The summed E-state index contributed by atoms with van der Waals surface area (Å²) >= 11 is 0. The van der Waals surface area contributed by atoms with Gasteiger partial charge in [0.15, 0.2) is 0 Å². The minimum atomic E-state index is -3.62. The van der Waals surface area contributed by atoms with Gasteiger partial charge in [0.05, 0.1) is 17.3 Å². The molecule has 1 amide bonds. The van der Waals surface area contributed by atoms with E-state index in [1.807, 2.05) is 13.8 Å². The Hall–Kier alpha value is -1.41. The van der Waals surface area contributed by atoms with Crippen molar-refractivity contribution in [2.75, 3.05) is 13.1 Å². The first kappa shape index (κ1) is 17.0. The minimum Gasteiger partial charge on any atom is -0.354 e. The number of piperidine rings is 1. The Morgan fingerprint density at radius 2 is 2.09 bits per heavy atom. The maximum absolute atomic E-state index is 12.8. The Balaban J connectivity index is 2.20. The van der Waals surface area contributed by atoms with E-state index >= 15 is 0 Å². The molecular formula is C14H24N4O3S. The van der Waals surface area contributed by atoms with E-state index in [4.69, 9.17) is 0 Å². The maximum atomic E-state index is 12.8. The first-order valence-electron chi connectivity index (χ1n) is 7.55. The van der Waals surface area contributed by atoms with Crippen molar-refractivity contribution in [2.45, 2.75) is 51.5 Å². The second-order valence-corrected chi connectivity index (χ2v) is 8.00. The highest BCUT2D eigenvalue weighted by atomic mass is 32.2. The highest BCUT2D eigenvalue weighted by Crippen LogP contribution is 2.26. The number of aryl methyl sites for hydroxylation is 2. The van der Waals surface area contributed by atoms with Crippen LogP contribution in [-0.2, 0) is 14.8 Å². The van der Waals surface area contributed by atoms with E-state index in [1.165, 1.54) is 4.31 Å². The molecule has 0 radical (unpaired) electrons. The van der Waals surface area contributed by atoms with Crippen molar-refractivity contribution in [3.8, 4) is 0 Å². The zero-order chi connectivity index (χ0) is 16.5. The standard InChI is InChI=1S/C14H24N4O3S/c1-9(2)15-14(19)12-6-5-7-18(8-12)22(20,21)13-10(3)16-17-11(13)4/h9,12H,5-8H2,1-4H3,(H,15,19)(H,16,17). The smallest absolute Gasteiger partial charge is 0.246 e. The Morgan fingerprint density at radius 1 is 1.41 bits per heavy atom. The molecule has 124 valence electrons. The maximum Gasteiger partial charge on any atom is 0.246 e. The van der Waals surface area contributed by atoms with Crippen LogP contribution < -0.4 is 5.32 Å². The average molecular weight is 328 g/mol. The lowest BCUT2D eigenvalue weighted by Gasteiger charge is -2.31. The summed E-state index contributed by atoms with van der Waals surface area (Å²) in [5, 5.41) is 9.53. The van der Waals surface area contributed by atoms with Crippen molar-refractivity contribution in [1.29, 1.82) is 0 Å². The second-order valence-electron chi connectivity index (χ2n) is 6.13. The molecule has 1 saturated heterocycles. The van der Waals surface area contributed by atoms with E-state index in [1.54, 1.807) is 13.8 Å². The molecule has 0 aromatic carbocycles. The van der Waals surface area contributed by atoms with Crippen LogP contribution in [0.5, 0.6) is 0 Å². The Bertz CT molecular complexity index is 632. The summed E-state index contributed by atoms with van der Waals surface area (Å²) in [6.07, 6.45) is 1.40. The van der Waals surface area contributed by atoms with E-state index in [9.17, 15) is 13.2 Å². The monoisotopic (exact) mass is 328 g/mol. The molecule has 0 aliphatic carbocycles. The number of carbonyl (C=O) groups is 1. The predicted molar refractivity (Wildman–Crippen MR) is 82.8 cm³/mol. The molecule has 2 heterocycles. The third kappa shape index (κ3) is 3.33. The van der Waals surface area contributed by atoms with Crippen LogP contribution in [0.3, 0.4) is 0 Å². The molecule has 1 atom stereocenters. The van der Waals surface area contributed by atoms with Crippen molar-refractivity contribution >= 4 is 15.9 Å². The third-order valence-electron chi connectivity index (χ3n) is 3.84. The van der Waals surface area contributed by atoms with E-state index < -0.39 is 10.0 Å². The van der Waals surface area contributed by atoms with Gasteiger partial charge in [-0.25, -0.2) is 8.42 Å². The van der Waals surface area contributed by atoms with Crippen molar-refractivity contribution in [3.63, 3.8) is 0 Å². The number of nitrogens with zero attached hydrogens (tertiary/aromatic N) is 2. The lowest BCUT2D eigenvalue weighted by atomic mass is 9.98. The number of aromatic nitrogens is 2. The van der Waals surface area contributed by atoms with Gasteiger partial charge in [-0.2, -0.15) is 9.40 Å². The Kier molecular flexibility index (Phi) is 4.91. The fraction of sp³-hybridized carbons (Fsp3) is 0.714. The highest BCUT2D eigenvalue weighted by Gasteiger charge is 2.35. The molecule has 1 aliphatic heterocycles. The highest BCUT2D eigenvalue weighted by molar-refractivity contribution is 7.89. The summed E-state index contributed by atoms with van der Waals surface area (Å²) in [5.74, 6) is -0.367. The van der Waals surface area contributed by atoms with Crippen LogP contribution in [0.2, 0.25) is 0 Å². The molecule has 1 fully saturated rings. The quantitative estimate of drug-likeness (QED) is 0.860. The normalized spacial score (nSPS) is 20.3. The molecule has 2 rings (SSSR count). The minimum absolute atomic E-state index is 0.0536. The first-order chi connectivity index (χ1) is 10.2. The number of sulfonamides is 1. The molecule has 7 nitrogen and oxygen atoms in total. The Morgan fingerprint density at radius 3 is 2.64 bits per heavy atom. The van der Waals surface area contributed by atoms with Crippen LogP contribution in [0.25, 0.3) is 0 Å². The topological polar surface area (TPSA) is 95.2 Å². The van der Waals surface area contributed by atoms with Crippen LogP contribution >= 0.6 is 0 Å². The van der Waals surface area contributed by atoms with Gasteiger partial charge in [0.2, 0.25) is 15.9 Å². The molecule has 8 heteroatoms. The summed E-state index contributed by atoms with van der Waals surface area (Å²) in [6.45, 7) is 7.83. The number of carbonyl (C=O) groups excluding carboxylic acids is 1. The third-order valence-corrected chi connectivity index (χ3v) is 5.97. The first-order valence-corrected chi connectivity index (χ1v) is 8.99. The fourth-order valence-electron chi connectivity index (χ4n) is 2.83.